The number of carbonyl (C=O) groups excluding carboxylic acids is 1. The molecule has 0 N–H and O–H groups in total. The largest absolute Gasteiger partial charge is 0.294 e. The van der Waals surface area contributed by atoms with Gasteiger partial charge >= 0.3 is 0 Å². The molecule has 2 rings (SSSR count). The Morgan fingerprint density at radius 2 is 1.41 bits per heavy atom. The fourth-order valence-corrected chi connectivity index (χ4v) is 1.16. The van der Waals surface area contributed by atoms with E-state index in [9.17, 15) is 13.6 Å². The lowest BCUT2D eigenvalue weighted by Crippen LogP contribution is -1.94. The lowest BCUT2D eigenvalue weighted by molar-refractivity contribution is 0.101. The van der Waals surface area contributed by atoms with Crippen molar-refractivity contribution in [2.24, 2.45) is 0 Å². The molecule has 0 aliphatic rings. The number of hydrogen-bond donors (Lipinski definition) is 0. The van der Waals surface area contributed by atoms with Crippen LogP contribution < -0.4 is 0 Å². The van der Waals surface area contributed by atoms with Gasteiger partial charge in [0.15, 0.2) is 5.78 Å². The Balaban J connectivity index is 0.000000181. The third kappa shape index (κ3) is 4.55. The van der Waals surface area contributed by atoms with E-state index in [1.165, 1.54) is 31.2 Å². The second kappa shape index (κ2) is 6.53. The predicted molar refractivity (Wildman–Crippen MR) is 62.8 cm³/mol. The Hall–Kier alpha value is -2.03. The van der Waals surface area contributed by atoms with Crippen LogP contribution in [0, 0.1) is 11.6 Å². The molecular formula is C14H12F2O. The second-order valence-electron chi connectivity index (χ2n) is 3.33. The maximum Gasteiger partial charge on any atom is 0.162 e. The summed E-state index contributed by atoms with van der Waals surface area (Å²) in [5.74, 6) is -0.865. The molecule has 0 atom stereocenters. The average molecular weight is 234 g/mol. The van der Waals surface area contributed by atoms with E-state index >= 15 is 0 Å². The van der Waals surface area contributed by atoms with Crippen LogP contribution in [0.4, 0.5) is 8.78 Å². The Bertz CT molecular complexity index is 481. The van der Waals surface area contributed by atoms with Gasteiger partial charge in [-0.15, -0.1) is 0 Å². The van der Waals surface area contributed by atoms with Crippen LogP contribution in [0.25, 0.3) is 0 Å². The zero-order valence-corrected chi connectivity index (χ0v) is 9.36. The van der Waals surface area contributed by atoms with Gasteiger partial charge in [-0.3, -0.25) is 4.79 Å². The SMILES string of the molecule is CC(=O)c1ccccc1F.Fc1ccccc1. The smallest absolute Gasteiger partial charge is 0.162 e. The molecule has 88 valence electrons. The first-order valence-corrected chi connectivity index (χ1v) is 5.07. The van der Waals surface area contributed by atoms with E-state index in [0.717, 1.165) is 0 Å². The van der Waals surface area contributed by atoms with Crippen LogP contribution in [-0.2, 0) is 0 Å². The van der Waals surface area contributed by atoms with Gasteiger partial charge in [-0.05, 0) is 31.2 Å². The lowest BCUT2D eigenvalue weighted by atomic mass is 10.1. The summed E-state index contributed by atoms with van der Waals surface area (Å²) in [6, 6.07) is 13.9. The molecule has 2 aromatic carbocycles. The van der Waals surface area contributed by atoms with E-state index in [-0.39, 0.29) is 17.2 Å². The van der Waals surface area contributed by atoms with E-state index in [1.807, 2.05) is 0 Å². The highest BCUT2D eigenvalue weighted by Gasteiger charge is 2.03. The molecule has 0 aromatic heterocycles. The van der Waals surface area contributed by atoms with Gasteiger partial charge in [0, 0.05) is 0 Å². The van der Waals surface area contributed by atoms with Gasteiger partial charge in [0.1, 0.15) is 11.6 Å². The van der Waals surface area contributed by atoms with Gasteiger partial charge < -0.3 is 0 Å². The van der Waals surface area contributed by atoms with E-state index in [2.05, 4.69) is 0 Å². The first kappa shape index (κ1) is 13.0. The molecular weight excluding hydrogens is 222 g/mol. The third-order valence-corrected chi connectivity index (χ3v) is 1.99. The Kier molecular flexibility index (Phi) is 5.01. The fraction of sp³-hybridized carbons (Fsp3) is 0.0714. The number of hydrogen-bond acceptors (Lipinski definition) is 1. The topological polar surface area (TPSA) is 17.1 Å². The van der Waals surface area contributed by atoms with Crippen molar-refractivity contribution < 1.29 is 13.6 Å². The lowest BCUT2D eigenvalue weighted by Gasteiger charge is -1.94. The van der Waals surface area contributed by atoms with Crippen LogP contribution in [0.15, 0.2) is 54.6 Å². The summed E-state index contributed by atoms with van der Waals surface area (Å²) in [7, 11) is 0. The van der Waals surface area contributed by atoms with Gasteiger partial charge in [0.05, 0.1) is 5.56 Å². The summed E-state index contributed by atoms with van der Waals surface area (Å²) in [5, 5.41) is 0. The number of ketones is 1. The number of halogens is 2. The van der Waals surface area contributed by atoms with Crippen molar-refractivity contribution in [2.75, 3.05) is 0 Å². The highest BCUT2D eigenvalue weighted by Crippen LogP contribution is 2.05. The fourth-order valence-electron chi connectivity index (χ4n) is 1.16. The number of benzene rings is 2. The summed E-state index contributed by atoms with van der Waals surface area (Å²) >= 11 is 0. The molecule has 2 aromatic rings. The Morgan fingerprint density at radius 1 is 0.882 bits per heavy atom. The maximum atomic E-state index is 12.6. The monoisotopic (exact) mass is 234 g/mol. The van der Waals surface area contributed by atoms with E-state index < -0.39 is 5.82 Å². The third-order valence-electron chi connectivity index (χ3n) is 1.99. The summed E-state index contributed by atoms with van der Waals surface area (Å²) in [4.78, 5) is 10.6. The van der Waals surface area contributed by atoms with Gasteiger partial charge in [0.2, 0.25) is 0 Å². The maximum absolute atomic E-state index is 12.6. The van der Waals surface area contributed by atoms with Crippen LogP contribution in [0.2, 0.25) is 0 Å². The first-order chi connectivity index (χ1) is 8.11. The predicted octanol–water partition coefficient (Wildman–Crippen LogP) is 3.85. The van der Waals surface area contributed by atoms with Crippen LogP contribution in [0.5, 0.6) is 0 Å². The summed E-state index contributed by atoms with van der Waals surface area (Å²) in [5.41, 5.74) is 0.155. The van der Waals surface area contributed by atoms with Crippen LogP contribution >= 0.6 is 0 Å². The Labute approximate surface area is 98.7 Å². The van der Waals surface area contributed by atoms with Crippen LogP contribution in [0.3, 0.4) is 0 Å². The van der Waals surface area contributed by atoms with Crippen molar-refractivity contribution in [3.05, 3.63) is 71.8 Å². The average Bonchev–Trinajstić information content (AvgIpc) is 2.31. The summed E-state index contributed by atoms with van der Waals surface area (Å²) in [6.45, 7) is 1.35. The second-order valence-corrected chi connectivity index (χ2v) is 3.33. The quantitative estimate of drug-likeness (QED) is 0.685. The van der Waals surface area contributed by atoms with Crippen molar-refractivity contribution in [3.8, 4) is 0 Å². The highest BCUT2D eigenvalue weighted by atomic mass is 19.1. The minimum absolute atomic E-state index is 0.155. The standard InChI is InChI=1S/C8H7FO.C6H5F/c1-6(10)7-4-2-3-5-8(7)9;7-6-4-2-1-3-5-6/h2-5H,1H3;1-5H. The summed E-state index contributed by atoms with van der Waals surface area (Å²) < 4.78 is 24.5. The van der Waals surface area contributed by atoms with E-state index in [0.29, 0.717) is 0 Å². The highest BCUT2D eigenvalue weighted by molar-refractivity contribution is 5.94. The van der Waals surface area contributed by atoms with Gasteiger partial charge in [0.25, 0.3) is 0 Å². The molecule has 0 unspecified atom stereocenters. The molecule has 0 spiro atoms. The van der Waals surface area contributed by atoms with Crippen molar-refractivity contribution >= 4 is 5.78 Å². The summed E-state index contributed by atoms with van der Waals surface area (Å²) in [6.07, 6.45) is 0. The number of carbonyl (C=O) groups is 1. The number of Topliss-reactive ketones (excluding diaryl/α,β-unsaturated/α-hetero) is 1. The molecule has 1 nitrogen and oxygen atoms in total. The van der Waals surface area contributed by atoms with Crippen LogP contribution in [0.1, 0.15) is 17.3 Å². The van der Waals surface area contributed by atoms with Crippen molar-refractivity contribution in [3.63, 3.8) is 0 Å². The van der Waals surface area contributed by atoms with Crippen molar-refractivity contribution in [1.82, 2.24) is 0 Å². The molecule has 0 aliphatic carbocycles. The molecule has 0 radical (unpaired) electrons. The molecule has 0 fully saturated rings. The molecule has 0 aliphatic heterocycles. The minimum Gasteiger partial charge on any atom is -0.294 e. The molecule has 0 saturated heterocycles. The van der Waals surface area contributed by atoms with Crippen molar-refractivity contribution in [2.45, 2.75) is 6.92 Å². The first-order valence-electron chi connectivity index (χ1n) is 5.07. The number of rotatable bonds is 1. The molecule has 3 heteroatoms. The Morgan fingerprint density at radius 3 is 1.76 bits per heavy atom. The zero-order chi connectivity index (χ0) is 12.7. The molecule has 0 heterocycles. The van der Waals surface area contributed by atoms with E-state index in [4.69, 9.17) is 0 Å². The van der Waals surface area contributed by atoms with E-state index in [1.54, 1.807) is 30.3 Å². The van der Waals surface area contributed by atoms with Gasteiger partial charge in [-0.25, -0.2) is 8.78 Å². The molecule has 17 heavy (non-hydrogen) atoms. The van der Waals surface area contributed by atoms with Gasteiger partial charge in [-0.2, -0.15) is 0 Å². The van der Waals surface area contributed by atoms with Crippen molar-refractivity contribution in [1.29, 1.82) is 0 Å². The molecule has 0 saturated carbocycles. The minimum atomic E-state index is -0.449. The molecule has 0 bridgehead atoms. The zero-order valence-electron chi connectivity index (χ0n) is 9.36. The molecule has 0 amide bonds. The van der Waals surface area contributed by atoms with Gasteiger partial charge in [-0.1, -0.05) is 30.3 Å². The van der Waals surface area contributed by atoms with Crippen LogP contribution in [-0.4, -0.2) is 5.78 Å². The normalized spacial score (nSPS) is 9.12.